The SMILES string of the molecule is O=C1OC(c2cc([N+](=O)[O-])ccc2Cl)=N/C1=C\c1cccc(OCc2ccccc2Cl)c1. The second-order valence-electron chi connectivity index (χ2n) is 6.71. The molecule has 0 N–H and O–H groups in total. The van der Waals surface area contributed by atoms with Gasteiger partial charge in [-0.3, -0.25) is 10.1 Å². The molecule has 3 aromatic carbocycles. The number of rotatable bonds is 6. The highest BCUT2D eigenvalue weighted by atomic mass is 35.5. The predicted molar refractivity (Wildman–Crippen MR) is 121 cm³/mol. The number of nitro benzene ring substituents is 1. The summed E-state index contributed by atoms with van der Waals surface area (Å²) >= 11 is 12.3. The van der Waals surface area contributed by atoms with Gasteiger partial charge in [-0.25, -0.2) is 9.79 Å². The standard InChI is InChI=1S/C23H14Cl2N2O5/c24-19-7-2-1-5-15(19)13-31-17-6-3-4-14(10-17)11-21-23(28)32-22(26-21)18-12-16(27(29)30)8-9-20(18)25/h1-12H,13H2/b21-11-. The average molecular weight is 469 g/mol. The average Bonchev–Trinajstić information content (AvgIpc) is 3.13. The minimum atomic E-state index is -0.690. The van der Waals surface area contributed by atoms with Crippen LogP contribution in [0.4, 0.5) is 5.69 Å². The molecule has 1 aliphatic heterocycles. The number of nitro groups is 1. The van der Waals surface area contributed by atoms with Crippen LogP contribution in [0.1, 0.15) is 16.7 Å². The molecular formula is C23H14Cl2N2O5. The lowest BCUT2D eigenvalue weighted by molar-refractivity contribution is -0.384. The fraction of sp³-hybridized carbons (Fsp3) is 0.0435. The third kappa shape index (κ3) is 4.80. The van der Waals surface area contributed by atoms with Crippen LogP contribution in [0.15, 0.2) is 77.4 Å². The van der Waals surface area contributed by atoms with Crippen molar-refractivity contribution in [2.75, 3.05) is 0 Å². The molecule has 0 saturated heterocycles. The summed E-state index contributed by atoms with van der Waals surface area (Å²) in [6, 6.07) is 18.3. The molecule has 4 rings (SSSR count). The second kappa shape index (κ2) is 9.21. The molecule has 1 aliphatic rings. The van der Waals surface area contributed by atoms with Crippen LogP contribution in [0.2, 0.25) is 10.0 Å². The molecule has 0 saturated carbocycles. The van der Waals surface area contributed by atoms with Gasteiger partial charge in [-0.1, -0.05) is 53.5 Å². The number of nitrogens with zero attached hydrogens (tertiary/aromatic N) is 2. The number of hydrogen-bond donors (Lipinski definition) is 0. The molecule has 0 fully saturated rings. The molecular weight excluding hydrogens is 455 g/mol. The van der Waals surface area contributed by atoms with Crippen molar-refractivity contribution in [1.82, 2.24) is 0 Å². The molecule has 0 unspecified atom stereocenters. The summed E-state index contributed by atoms with van der Waals surface area (Å²) in [6.45, 7) is 0.287. The summed E-state index contributed by atoms with van der Waals surface area (Å²) in [5.74, 6) is -0.206. The molecule has 0 aliphatic carbocycles. The van der Waals surface area contributed by atoms with Crippen LogP contribution in [0.3, 0.4) is 0 Å². The molecule has 9 heteroatoms. The van der Waals surface area contributed by atoms with Crippen molar-refractivity contribution in [3.8, 4) is 5.75 Å². The number of halogens is 2. The molecule has 0 atom stereocenters. The Morgan fingerprint density at radius 3 is 2.62 bits per heavy atom. The van der Waals surface area contributed by atoms with E-state index in [4.69, 9.17) is 32.7 Å². The van der Waals surface area contributed by atoms with Gasteiger partial charge in [0.05, 0.1) is 15.5 Å². The van der Waals surface area contributed by atoms with E-state index >= 15 is 0 Å². The summed E-state index contributed by atoms with van der Waals surface area (Å²) in [4.78, 5) is 26.9. The number of cyclic esters (lactones) is 1. The zero-order valence-electron chi connectivity index (χ0n) is 16.3. The van der Waals surface area contributed by atoms with Crippen molar-refractivity contribution in [2.45, 2.75) is 6.61 Å². The van der Waals surface area contributed by atoms with E-state index in [2.05, 4.69) is 4.99 Å². The Labute approximate surface area is 192 Å². The number of carbonyl (C=O) groups excluding carboxylic acids is 1. The lowest BCUT2D eigenvalue weighted by atomic mass is 10.2. The first-order valence-electron chi connectivity index (χ1n) is 9.34. The summed E-state index contributed by atoms with van der Waals surface area (Å²) < 4.78 is 11.0. The van der Waals surface area contributed by atoms with Crippen LogP contribution in [0.25, 0.3) is 6.08 Å². The number of hydrogen-bond acceptors (Lipinski definition) is 6. The van der Waals surface area contributed by atoms with Gasteiger partial charge in [0.1, 0.15) is 12.4 Å². The van der Waals surface area contributed by atoms with Gasteiger partial charge >= 0.3 is 5.97 Å². The third-order valence-corrected chi connectivity index (χ3v) is 5.22. The summed E-state index contributed by atoms with van der Waals surface area (Å²) in [6.07, 6.45) is 1.53. The number of carbonyl (C=O) groups is 1. The largest absolute Gasteiger partial charge is 0.489 e. The van der Waals surface area contributed by atoms with Gasteiger partial charge in [-0.05, 0) is 35.9 Å². The van der Waals surface area contributed by atoms with E-state index in [-0.39, 0.29) is 34.5 Å². The number of non-ortho nitro benzene ring substituents is 1. The molecule has 32 heavy (non-hydrogen) atoms. The molecule has 1 heterocycles. The van der Waals surface area contributed by atoms with Crippen molar-refractivity contribution < 1.29 is 19.2 Å². The number of aliphatic imine (C=N–C) groups is 1. The third-order valence-electron chi connectivity index (χ3n) is 4.53. The van der Waals surface area contributed by atoms with Gasteiger partial charge < -0.3 is 9.47 Å². The fourth-order valence-electron chi connectivity index (χ4n) is 2.94. The molecule has 0 spiro atoms. The Morgan fingerprint density at radius 1 is 1.03 bits per heavy atom. The van der Waals surface area contributed by atoms with E-state index in [0.717, 1.165) is 5.56 Å². The van der Waals surface area contributed by atoms with E-state index in [1.165, 1.54) is 24.3 Å². The quantitative estimate of drug-likeness (QED) is 0.196. The van der Waals surface area contributed by atoms with Gasteiger partial charge in [0.15, 0.2) is 5.70 Å². The van der Waals surface area contributed by atoms with Crippen molar-refractivity contribution >= 4 is 46.8 Å². The first-order valence-corrected chi connectivity index (χ1v) is 10.1. The number of ether oxygens (including phenoxy) is 2. The molecule has 3 aromatic rings. The predicted octanol–water partition coefficient (Wildman–Crippen LogP) is 5.83. The van der Waals surface area contributed by atoms with Crippen LogP contribution in [0, 0.1) is 10.1 Å². The lowest BCUT2D eigenvalue weighted by Gasteiger charge is -2.08. The van der Waals surface area contributed by atoms with E-state index in [1.54, 1.807) is 30.3 Å². The normalized spacial score (nSPS) is 14.2. The van der Waals surface area contributed by atoms with E-state index < -0.39 is 10.9 Å². The number of benzene rings is 3. The minimum Gasteiger partial charge on any atom is -0.489 e. The first kappa shape index (κ1) is 21.5. The van der Waals surface area contributed by atoms with Gasteiger partial charge in [0.25, 0.3) is 5.69 Å². The first-order chi connectivity index (χ1) is 15.4. The monoisotopic (exact) mass is 468 g/mol. The maximum Gasteiger partial charge on any atom is 0.363 e. The zero-order valence-corrected chi connectivity index (χ0v) is 17.8. The Balaban J connectivity index is 1.56. The van der Waals surface area contributed by atoms with Gasteiger partial charge in [0, 0.05) is 22.7 Å². The highest BCUT2D eigenvalue weighted by molar-refractivity contribution is 6.34. The highest BCUT2D eigenvalue weighted by Crippen LogP contribution is 2.28. The van der Waals surface area contributed by atoms with Gasteiger partial charge in [-0.15, -0.1) is 0 Å². The molecule has 7 nitrogen and oxygen atoms in total. The maximum absolute atomic E-state index is 12.3. The Bertz CT molecular complexity index is 1290. The van der Waals surface area contributed by atoms with Crippen molar-refractivity contribution in [1.29, 1.82) is 0 Å². The Hall–Kier alpha value is -3.68. The molecule has 160 valence electrons. The zero-order chi connectivity index (χ0) is 22.7. The van der Waals surface area contributed by atoms with E-state index in [1.807, 2.05) is 18.2 Å². The summed E-state index contributed by atoms with van der Waals surface area (Å²) in [5.41, 5.74) is 1.51. The van der Waals surface area contributed by atoms with Crippen LogP contribution in [0.5, 0.6) is 5.75 Å². The van der Waals surface area contributed by atoms with Gasteiger partial charge in [0.2, 0.25) is 5.90 Å². The molecule has 0 bridgehead atoms. The van der Waals surface area contributed by atoms with Crippen molar-refractivity contribution in [3.05, 3.63) is 109 Å². The Kier molecular flexibility index (Phi) is 6.20. The van der Waals surface area contributed by atoms with Crippen LogP contribution in [-0.4, -0.2) is 16.8 Å². The smallest absolute Gasteiger partial charge is 0.363 e. The number of esters is 1. The lowest BCUT2D eigenvalue weighted by Crippen LogP contribution is -2.06. The van der Waals surface area contributed by atoms with E-state index in [0.29, 0.717) is 16.3 Å². The topological polar surface area (TPSA) is 91.0 Å². The van der Waals surface area contributed by atoms with Crippen LogP contribution >= 0.6 is 23.2 Å². The van der Waals surface area contributed by atoms with Crippen molar-refractivity contribution in [3.63, 3.8) is 0 Å². The molecule has 0 aromatic heterocycles. The fourth-order valence-corrected chi connectivity index (χ4v) is 3.33. The van der Waals surface area contributed by atoms with Gasteiger partial charge in [-0.2, -0.15) is 0 Å². The summed E-state index contributed by atoms with van der Waals surface area (Å²) in [7, 11) is 0. The van der Waals surface area contributed by atoms with Crippen LogP contribution in [-0.2, 0) is 16.1 Å². The van der Waals surface area contributed by atoms with Crippen LogP contribution < -0.4 is 4.74 Å². The van der Waals surface area contributed by atoms with E-state index in [9.17, 15) is 14.9 Å². The summed E-state index contributed by atoms with van der Waals surface area (Å²) in [5, 5.41) is 11.8. The molecule has 0 amide bonds. The molecule has 0 radical (unpaired) electrons. The highest BCUT2D eigenvalue weighted by Gasteiger charge is 2.27. The maximum atomic E-state index is 12.3. The Morgan fingerprint density at radius 2 is 1.84 bits per heavy atom. The second-order valence-corrected chi connectivity index (χ2v) is 7.52. The minimum absolute atomic E-state index is 0.0332. The van der Waals surface area contributed by atoms with Crippen molar-refractivity contribution in [2.24, 2.45) is 4.99 Å².